The molecule has 1 aromatic carbocycles. The van der Waals surface area contributed by atoms with Gasteiger partial charge in [0.25, 0.3) is 5.91 Å². The van der Waals surface area contributed by atoms with Gasteiger partial charge in [0.05, 0.1) is 6.20 Å². The van der Waals surface area contributed by atoms with Crippen LogP contribution in [-0.4, -0.2) is 27.9 Å². The Kier molecular flexibility index (Phi) is 4.06. The lowest BCUT2D eigenvalue weighted by atomic mass is 10.2. The van der Waals surface area contributed by atoms with E-state index in [0.717, 1.165) is 18.5 Å². The number of carbonyl (C=O) groups excluding carboxylic acids is 1. The second-order valence-electron chi connectivity index (χ2n) is 4.00. The lowest BCUT2D eigenvalue weighted by molar-refractivity contribution is 0.0982. The minimum Gasteiger partial charge on any atom is -0.307 e. The molecule has 1 heterocycles. The Morgan fingerprint density at radius 3 is 2.72 bits per heavy atom. The van der Waals surface area contributed by atoms with E-state index in [1.54, 1.807) is 4.90 Å². The zero-order valence-electron chi connectivity index (χ0n) is 10.3. The number of carbonyl (C=O) groups is 1. The molecule has 0 saturated carbocycles. The minimum atomic E-state index is -0.122. The predicted molar refractivity (Wildman–Crippen MR) is 69.4 cm³/mol. The van der Waals surface area contributed by atoms with Crippen LogP contribution in [0.15, 0.2) is 36.5 Å². The molecule has 0 aliphatic carbocycles. The number of hydrogen-bond donors (Lipinski definition) is 1. The zero-order valence-corrected chi connectivity index (χ0v) is 10.3. The molecule has 1 aromatic heterocycles. The third kappa shape index (κ3) is 2.74. The summed E-state index contributed by atoms with van der Waals surface area (Å²) in [5, 5.41) is 9.98. The van der Waals surface area contributed by atoms with Crippen LogP contribution in [0.3, 0.4) is 0 Å². The molecular weight excluding hydrogens is 228 g/mol. The lowest BCUT2D eigenvalue weighted by Crippen LogP contribution is -2.32. The molecule has 2 aromatic rings. The largest absolute Gasteiger partial charge is 0.307 e. The Morgan fingerprint density at radius 2 is 2.11 bits per heavy atom. The van der Waals surface area contributed by atoms with Gasteiger partial charge in [0.15, 0.2) is 5.69 Å². The minimum absolute atomic E-state index is 0.122. The van der Waals surface area contributed by atoms with Crippen molar-refractivity contribution in [1.82, 2.24) is 15.4 Å². The third-order valence-corrected chi connectivity index (χ3v) is 2.68. The van der Waals surface area contributed by atoms with Gasteiger partial charge in [0.1, 0.15) is 0 Å². The summed E-state index contributed by atoms with van der Waals surface area (Å²) in [6.07, 6.45) is 3.44. The van der Waals surface area contributed by atoms with Gasteiger partial charge in [-0.3, -0.25) is 4.79 Å². The molecule has 18 heavy (non-hydrogen) atoms. The van der Waals surface area contributed by atoms with Gasteiger partial charge in [0, 0.05) is 12.2 Å². The van der Waals surface area contributed by atoms with E-state index in [0.29, 0.717) is 12.2 Å². The summed E-state index contributed by atoms with van der Waals surface area (Å²) in [5.74, 6) is -0.122. The fourth-order valence-electron chi connectivity index (χ4n) is 1.71. The van der Waals surface area contributed by atoms with Crippen molar-refractivity contribution in [2.75, 3.05) is 11.4 Å². The molecule has 0 aliphatic rings. The smallest absolute Gasteiger partial charge is 0.280 e. The number of anilines is 1. The van der Waals surface area contributed by atoms with Crippen LogP contribution in [0.2, 0.25) is 0 Å². The molecule has 0 aliphatic heterocycles. The Morgan fingerprint density at radius 1 is 1.33 bits per heavy atom. The summed E-state index contributed by atoms with van der Waals surface area (Å²) in [4.78, 5) is 14.1. The molecule has 1 N–H and O–H groups in total. The number of H-pyrrole nitrogens is 1. The second kappa shape index (κ2) is 5.95. The SMILES string of the molecule is CCCCN(C(=O)c1cn[nH]n1)c1ccccc1. The summed E-state index contributed by atoms with van der Waals surface area (Å²) in [7, 11) is 0. The van der Waals surface area contributed by atoms with Crippen molar-refractivity contribution < 1.29 is 4.79 Å². The number of rotatable bonds is 5. The van der Waals surface area contributed by atoms with Crippen LogP contribution in [0.25, 0.3) is 0 Å². The number of para-hydroxylation sites is 1. The summed E-state index contributed by atoms with van der Waals surface area (Å²) < 4.78 is 0. The molecule has 5 heteroatoms. The number of unbranched alkanes of at least 4 members (excludes halogenated alkanes) is 1. The van der Waals surface area contributed by atoms with Gasteiger partial charge in [-0.2, -0.15) is 15.4 Å². The van der Waals surface area contributed by atoms with Gasteiger partial charge in [-0.15, -0.1) is 0 Å². The number of nitrogens with zero attached hydrogens (tertiary/aromatic N) is 3. The van der Waals surface area contributed by atoms with Gasteiger partial charge < -0.3 is 4.90 Å². The Labute approximate surface area is 106 Å². The Bertz CT molecular complexity index is 481. The van der Waals surface area contributed by atoms with Crippen LogP contribution >= 0.6 is 0 Å². The first-order valence-electron chi connectivity index (χ1n) is 6.05. The number of amides is 1. The van der Waals surface area contributed by atoms with Crippen molar-refractivity contribution in [2.24, 2.45) is 0 Å². The predicted octanol–water partition coefficient (Wildman–Crippen LogP) is 2.25. The molecule has 0 spiro atoms. The molecule has 94 valence electrons. The maximum Gasteiger partial charge on any atom is 0.280 e. The first kappa shape index (κ1) is 12.3. The van der Waals surface area contributed by atoms with Crippen LogP contribution in [0.4, 0.5) is 5.69 Å². The number of nitrogens with one attached hydrogen (secondary N) is 1. The van der Waals surface area contributed by atoms with Crippen molar-refractivity contribution in [2.45, 2.75) is 19.8 Å². The fourth-order valence-corrected chi connectivity index (χ4v) is 1.71. The summed E-state index contributed by atoms with van der Waals surface area (Å²) in [6, 6.07) is 9.62. The maximum atomic E-state index is 12.3. The van der Waals surface area contributed by atoms with Crippen LogP contribution in [0, 0.1) is 0 Å². The van der Waals surface area contributed by atoms with E-state index in [1.165, 1.54) is 6.20 Å². The highest BCUT2D eigenvalue weighted by atomic mass is 16.2. The molecule has 0 fully saturated rings. The van der Waals surface area contributed by atoms with E-state index in [-0.39, 0.29) is 5.91 Å². The molecular formula is C13H16N4O. The second-order valence-corrected chi connectivity index (χ2v) is 4.00. The summed E-state index contributed by atoms with van der Waals surface area (Å²) in [5.41, 5.74) is 1.23. The van der Waals surface area contributed by atoms with E-state index >= 15 is 0 Å². The first-order valence-corrected chi connectivity index (χ1v) is 6.05. The Balaban J connectivity index is 2.23. The van der Waals surface area contributed by atoms with Crippen molar-refractivity contribution >= 4 is 11.6 Å². The number of aromatic amines is 1. The van der Waals surface area contributed by atoms with Crippen molar-refractivity contribution in [1.29, 1.82) is 0 Å². The molecule has 0 saturated heterocycles. The zero-order chi connectivity index (χ0) is 12.8. The van der Waals surface area contributed by atoms with Crippen molar-refractivity contribution in [3.63, 3.8) is 0 Å². The monoisotopic (exact) mass is 244 g/mol. The molecule has 5 nitrogen and oxygen atoms in total. The van der Waals surface area contributed by atoms with E-state index < -0.39 is 0 Å². The quantitative estimate of drug-likeness (QED) is 0.877. The van der Waals surface area contributed by atoms with Gasteiger partial charge in [-0.05, 0) is 18.6 Å². The van der Waals surface area contributed by atoms with E-state index in [4.69, 9.17) is 0 Å². The normalized spacial score (nSPS) is 10.3. The van der Waals surface area contributed by atoms with E-state index in [9.17, 15) is 4.79 Å². The van der Waals surface area contributed by atoms with Gasteiger partial charge >= 0.3 is 0 Å². The molecule has 1 amide bonds. The van der Waals surface area contributed by atoms with E-state index in [2.05, 4.69) is 22.3 Å². The lowest BCUT2D eigenvalue weighted by Gasteiger charge is -2.21. The first-order chi connectivity index (χ1) is 8.83. The highest BCUT2D eigenvalue weighted by Gasteiger charge is 2.19. The topological polar surface area (TPSA) is 61.9 Å². The summed E-state index contributed by atoms with van der Waals surface area (Å²) in [6.45, 7) is 2.79. The number of benzene rings is 1. The molecule has 0 atom stereocenters. The third-order valence-electron chi connectivity index (χ3n) is 2.68. The highest BCUT2D eigenvalue weighted by Crippen LogP contribution is 2.16. The number of aromatic nitrogens is 3. The van der Waals surface area contributed by atoms with E-state index in [1.807, 2.05) is 30.3 Å². The highest BCUT2D eigenvalue weighted by molar-refractivity contribution is 6.04. The molecule has 0 radical (unpaired) electrons. The van der Waals surface area contributed by atoms with Crippen LogP contribution in [-0.2, 0) is 0 Å². The standard InChI is InChI=1S/C13H16N4O/c1-2-3-9-17(11-7-5-4-6-8-11)13(18)12-10-14-16-15-12/h4-8,10H,2-3,9H2,1H3,(H,14,15,16). The Hall–Kier alpha value is -2.17. The van der Waals surface area contributed by atoms with Gasteiger partial charge in [0.2, 0.25) is 0 Å². The van der Waals surface area contributed by atoms with Crippen LogP contribution < -0.4 is 4.90 Å². The van der Waals surface area contributed by atoms with Crippen LogP contribution in [0.5, 0.6) is 0 Å². The average Bonchev–Trinajstić information content (AvgIpc) is 2.94. The van der Waals surface area contributed by atoms with Crippen molar-refractivity contribution in [3.8, 4) is 0 Å². The molecule has 0 unspecified atom stereocenters. The van der Waals surface area contributed by atoms with Crippen molar-refractivity contribution in [3.05, 3.63) is 42.2 Å². The van der Waals surface area contributed by atoms with Crippen LogP contribution in [0.1, 0.15) is 30.3 Å². The maximum absolute atomic E-state index is 12.3. The van der Waals surface area contributed by atoms with Gasteiger partial charge in [-0.1, -0.05) is 31.5 Å². The molecule has 0 bridgehead atoms. The average molecular weight is 244 g/mol. The molecule has 2 rings (SSSR count). The van der Waals surface area contributed by atoms with Gasteiger partial charge in [-0.25, -0.2) is 0 Å². The summed E-state index contributed by atoms with van der Waals surface area (Å²) >= 11 is 0. The fraction of sp³-hybridized carbons (Fsp3) is 0.308. The number of hydrogen-bond acceptors (Lipinski definition) is 3.